The summed E-state index contributed by atoms with van der Waals surface area (Å²) in [5, 5.41) is 11.5. The van der Waals surface area contributed by atoms with Crippen molar-refractivity contribution in [3.63, 3.8) is 0 Å². The number of hydrogen-bond acceptors (Lipinski definition) is 7. The Kier molecular flexibility index (Phi) is 7.86. The Balaban J connectivity index is 1.83. The third-order valence-electron chi connectivity index (χ3n) is 4.13. The average Bonchev–Trinajstić information content (AvgIpc) is 2.83. The number of pyridine rings is 2. The maximum absolute atomic E-state index is 11.9. The zero-order valence-corrected chi connectivity index (χ0v) is 17.2. The highest BCUT2D eigenvalue weighted by molar-refractivity contribution is 5.96. The largest absolute Gasteiger partial charge is 0.447 e. The molecule has 1 aromatic carbocycles. The number of anilines is 1. The van der Waals surface area contributed by atoms with Crippen molar-refractivity contribution < 1.29 is 24.3 Å². The number of hydroxylamine groups is 1. The van der Waals surface area contributed by atoms with Crippen LogP contribution in [0.5, 0.6) is 0 Å². The van der Waals surface area contributed by atoms with Gasteiger partial charge in [-0.1, -0.05) is 24.0 Å². The molecule has 0 atom stereocenters. The van der Waals surface area contributed by atoms with Gasteiger partial charge in [0.25, 0.3) is 5.91 Å². The second-order valence-electron chi connectivity index (χ2n) is 6.39. The summed E-state index contributed by atoms with van der Waals surface area (Å²) in [7, 11) is 1.49. The van der Waals surface area contributed by atoms with Crippen LogP contribution in [-0.4, -0.2) is 47.5 Å². The molecule has 162 valence electrons. The molecule has 9 heteroatoms. The lowest BCUT2D eigenvalue weighted by Crippen LogP contribution is -2.21. The Morgan fingerprint density at radius 2 is 1.84 bits per heavy atom. The maximum Gasteiger partial charge on any atom is 0.412 e. The van der Waals surface area contributed by atoms with E-state index >= 15 is 0 Å². The van der Waals surface area contributed by atoms with Crippen molar-refractivity contribution >= 4 is 17.8 Å². The van der Waals surface area contributed by atoms with E-state index in [2.05, 4.69) is 27.1 Å². The van der Waals surface area contributed by atoms with Crippen molar-refractivity contribution in [3.8, 4) is 23.1 Å². The first kappa shape index (κ1) is 22.4. The second-order valence-corrected chi connectivity index (χ2v) is 6.39. The van der Waals surface area contributed by atoms with E-state index < -0.39 is 12.0 Å². The topological polar surface area (TPSA) is 123 Å². The van der Waals surface area contributed by atoms with E-state index in [0.29, 0.717) is 11.3 Å². The van der Waals surface area contributed by atoms with E-state index in [0.717, 1.165) is 11.1 Å². The minimum absolute atomic E-state index is 0.0630. The van der Waals surface area contributed by atoms with Crippen LogP contribution in [0.25, 0.3) is 11.3 Å². The highest BCUT2D eigenvalue weighted by Gasteiger charge is 2.13. The van der Waals surface area contributed by atoms with Gasteiger partial charge in [0.15, 0.2) is 0 Å². The van der Waals surface area contributed by atoms with E-state index in [1.165, 1.54) is 19.2 Å². The molecule has 0 aliphatic heterocycles. The Hall–Kier alpha value is -4.26. The van der Waals surface area contributed by atoms with Crippen molar-refractivity contribution in [2.24, 2.45) is 0 Å². The van der Waals surface area contributed by atoms with Gasteiger partial charge in [0, 0.05) is 41.8 Å². The molecule has 32 heavy (non-hydrogen) atoms. The zero-order valence-electron chi connectivity index (χ0n) is 17.2. The van der Waals surface area contributed by atoms with Crippen LogP contribution in [0.2, 0.25) is 0 Å². The number of amides is 2. The Morgan fingerprint density at radius 3 is 2.53 bits per heavy atom. The number of aromatic nitrogens is 2. The van der Waals surface area contributed by atoms with Gasteiger partial charge < -0.3 is 9.47 Å². The van der Waals surface area contributed by atoms with Crippen LogP contribution >= 0.6 is 0 Å². The summed E-state index contributed by atoms with van der Waals surface area (Å²) in [5.74, 6) is 5.41. The fourth-order valence-electron chi connectivity index (χ4n) is 2.60. The third kappa shape index (κ3) is 6.37. The van der Waals surface area contributed by atoms with Gasteiger partial charge in [-0.25, -0.2) is 15.3 Å². The maximum atomic E-state index is 11.9. The Bertz CT molecular complexity index is 1140. The van der Waals surface area contributed by atoms with Crippen LogP contribution < -0.4 is 10.8 Å². The molecule has 2 amide bonds. The molecule has 0 radical (unpaired) electrons. The van der Waals surface area contributed by atoms with Crippen molar-refractivity contribution in [1.82, 2.24) is 15.4 Å². The van der Waals surface area contributed by atoms with E-state index in [9.17, 15) is 9.59 Å². The lowest BCUT2D eigenvalue weighted by molar-refractivity contribution is 0.0706. The van der Waals surface area contributed by atoms with Gasteiger partial charge in [-0.05, 0) is 36.4 Å². The molecule has 0 fully saturated rings. The summed E-state index contributed by atoms with van der Waals surface area (Å²) in [4.78, 5) is 32.3. The molecule has 2 aromatic heterocycles. The predicted octanol–water partition coefficient (Wildman–Crippen LogP) is 2.86. The summed E-state index contributed by atoms with van der Waals surface area (Å²) < 4.78 is 9.78. The summed E-state index contributed by atoms with van der Waals surface area (Å²) in [5.41, 5.74) is 4.34. The molecule has 3 aromatic rings. The number of hydrogen-bond donors (Lipinski definition) is 3. The Morgan fingerprint density at radius 1 is 1.06 bits per heavy atom. The number of carbonyl (C=O) groups excluding carboxylic acids is 2. The molecule has 0 unspecified atom stereocenters. The van der Waals surface area contributed by atoms with Gasteiger partial charge in [-0.3, -0.25) is 20.3 Å². The average molecular weight is 432 g/mol. The molecular weight excluding hydrogens is 412 g/mol. The van der Waals surface area contributed by atoms with Gasteiger partial charge in [0.05, 0.1) is 12.3 Å². The summed E-state index contributed by atoms with van der Waals surface area (Å²) in [6.45, 7) is 0.308. The highest BCUT2D eigenvalue weighted by atomic mass is 16.6. The van der Waals surface area contributed by atoms with Crippen molar-refractivity contribution in [3.05, 3.63) is 77.6 Å². The van der Waals surface area contributed by atoms with Crippen molar-refractivity contribution in [2.75, 3.05) is 25.6 Å². The molecule has 0 bridgehead atoms. The van der Waals surface area contributed by atoms with Gasteiger partial charge >= 0.3 is 6.09 Å². The smallest absolute Gasteiger partial charge is 0.412 e. The molecule has 0 aliphatic rings. The molecule has 0 spiro atoms. The quantitative estimate of drug-likeness (QED) is 0.237. The van der Waals surface area contributed by atoms with Gasteiger partial charge in [-0.15, -0.1) is 0 Å². The third-order valence-corrected chi connectivity index (χ3v) is 4.13. The van der Waals surface area contributed by atoms with E-state index in [-0.39, 0.29) is 24.6 Å². The summed E-state index contributed by atoms with van der Waals surface area (Å²) in [6, 6.07) is 13.7. The van der Waals surface area contributed by atoms with Crippen LogP contribution in [0.15, 0.2) is 60.9 Å². The van der Waals surface area contributed by atoms with Crippen LogP contribution in [0, 0.1) is 11.8 Å². The first-order valence-corrected chi connectivity index (χ1v) is 9.51. The molecular formula is C23H20N4O5. The monoisotopic (exact) mass is 432 g/mol. The first-order valence-electron chi connectivity index (χ1n) is 9.51. The SMILES string of the molecule is COCCOC(=O)Nc1cc(C(=O)NO)cc(-c2ccc(C#Cc3cccnc3)cc2)n1. The number of methoxy groups -OCH3 is 1. The molecule has 9 nitrogen and oxygen atoms in total. The van der Waals surface area contributed by atoms with Gasteiger partial charge in [0.1, 0.15) is 12.4 Å². The van der Waals surface area contributed by atoms with E-state index in [1.54, 1.807) is 30.0 Å². The van der Waals surface area contributed by atoms with E-state index in [1.807, 2.05) is 24.3 Å². The first-order chi connectivity index (χ1) is 15.6. The van der Waals surface area contributed by atoms with Crippen molar-refractivity contribution in [1.29, 1.82) is 0 Å². The fraction of sp³-hybridized carbons (Fsp3) is 0.130. The van der Waals surface area contributed by atoms with Gasteiger partial charge in [-0.2, -0.15) is 0 Å². The normalized spacial score (nSPS) is 9.94. The van der Waals surface area contributed by atoms with Crippen LogP contribution in [-0.2, 0) is 9.47 Å². The summed E-state index contributed by atoms with van der Waals surface area (Å²) >= 11 is 0. The van der Waals surface area contributed by atoms with E-state index in [4.69, 9.17) is 14.7 Å². The van der Waals surface area contributed by atoms with Crippen LogP contribution in [0.3, 0.4) is 0 Å². The number of nitrogens with zero attached hydrogens (tertiary/aromatic N) is 2. The molecule has 0 saturated heterocycles. The minimum atomic E-state index is -0.747. The van der Waals surface area contributed by atoms with Crippen LogP contribution in [0.1, 0.15) is 21.5 Å². The van der Waals surface area contributed by atoms with Crippen molar-refractivity contribution in [2.45, 2.75) is 0 Å². The lowest BCUT2D eigenvalue weighted by Gasteiger charge is -2.10. The number of nitrogens with one attached hydrogen (secondary N) is 2. The number of rotatable bonds is 6. The van der Waals surface area contributed by atoms with Gasteiger partial charge in [0.2, 0.25) is 0 Å². The number of benzene rings is 1. The second kappa shape index (κ2) is 11.2. The standard InChI is InChI=1S/C23H20N4O5/c1-31-11-12-32-23(29)26-21-14-19(22(28)27-30)13-20(25-21)18-8-6-16(7-9-18)4-5-17-3-2-10-24-15-17/h2-3,6-10,13-15,30H,11-12H2,1H3,(H,27,28)(H,25,26,29). The molecule has 2 heterocycles. The number of carbonyl (C=O) groups is 2. The molecule has 3 N–H and O–H groups in total. The molecule has 3 rings (SSSR count). The highest BCUT2D eigenvalue weighted by Crippen LogP contribution is 2.22. The summed E-state index contributed by atoms with van der Waals surface area (Å²) in [6.07, 6.45) is 2.61. The Labute approximate surface area is 184 Å². The molecule has 0 saturated carbocycles. The lowest BCUT2D eigenvalue weighted by atomic mass is 10.1. The zero-order chi connectivity index (χ0) is 22.8. The minimum Gasteiger partial charge on any atom is -0.447 e. The predicted molar refractivity (Wildman–Crippen MR) is 116 cm³/mol. The van der Waals surface area contributed by atoms with Crippen LogP contribution in [0.4, 0.5) is 10.6 Å². The fourth-order valence-corrected chi connectivity index (χ4v) is 2.60. The number of ether oxygens (including phenoxy) is 2. The molecule has 0 aliphatic carbocycles.